The number of aliphatic hydroxyl groups excluding tert-OH is 1. The zero-order valence-electron chi connectivity index (χ0n) is 11.6. The van der Waals surface area contributed by atoms with Crippen LogP contribution in [0.5, 0.6) is 0 Å². The summed E-state index contributed by atoms with van der Waals surface area (Å²) >= 11 is 0. The average Bonchev–Trinajstić information content (AvgIpc) is 2.44. The molecule has 110 valence electrons. The molecule has 0 amide bonds. The number of hydrogen-bond donors (Lipinski definition) is 2. The Morgan fingerprint density at radius 1 is 1.45 bits per heavy atom. The van der Waals surface area contributed by atoms with Gasteiger partial charge in [0.1, 0.15) is 6.61 Å². The molecule has 0 radical (unpaired) electrons. The van der Waals surface area contributed by atoms with Gasteiger partial charge in [0.2, 0.25) is 10.0 Å². The van der Waals surface area contributed by atoms with Crippen molar-refractivity contribution in [3.05, 3.63) is 29.8 Å². The van der Waals surface area contributed by atoms with Crippen molar-refractivity contribution in [2.45, 2.75) is 24.8 Å². The van der Waals surface area contributed by atoms with Crippen molar-refractivity contribution < 1.29 is 18.3 Å². The minimum atomic E-state index is -3.58. The van der Waals surface area contributed by atoms with Gasteiger partial charge in [0.05, 0.1) is 11.0 Å². The maximum absolute atomic E-state index is 12.1. The Labute approximate surface area is 120 Å². The summed E-state index contributed by atoms with van der Waals surface area (Å²) in [6.07, 6.45) is -0.188. The maximum Gasteiger partial charge on any atom is 0.240 e. The third kappa shape index (κ3) is 5.31. The summed E-state index contributed by atoms with van der Waals surface area (Å²) in [6.45, 7) is 4.14. The molecule has 0 spiro atoms. The van der Waals surface area contributed by atoms with E-state index in [0.717, 1.165) is 0 Å². The van der Waals surface area contributed by atoms with E-state index in [2.05, 4.69) is 16.6 Å². The first kappa shape index (κ1) is 16.7. The average molecular weight is 297 g/mol. The SMILES string of the molecule is CCOC(C)CNS(=O)(=O)c1cccc(C#CCO)c1. The second kappa shape index (κ2) is 8.02. The normalized spacial score (nSPS) is 12.6. The standard InChI is InChI=1S/C14H19NO4S/c1-3-19-12(2)11-15-20(17,18)14-8-4-6-13(10-14)7-5-9-16/h4,6,8,10,12,15-16H,3,9,11H2,1-2H3. The molecule has 1 atom stereocenters. The van der Waals surface area contributed by atoms with Gasteiger partial charge in [-0.3, -0.25) is 0 Å². The first-order valence-electron chi connectivity index (χ1n) is 6.30. The molecule has 0 saturated heterocycles. The van der Waals surface area contributed by atoms with Crippen LogP contribution in [-0.4, -0.2) is 39.4 Å². The summed E-state index contributed by atoms with van der Waals surface area (Å²) in [5.41, 5.74) is 0.541. The van der Waals surface area contributed by atoms with E-state index in [4.69, 9.17) is 9.84 Å². The Morgan fingerprint density at radius 3 is 2.85 bits per heavy atom. The predicted octanol–water partition coefficient (Wildman–Crippen LogP) is 0.734. The summed E-state index contributed by atoms with van der Waals surface area (Å²) in [6, 6.07) is 6.26. The van der Waals surface area contributed by atoms with Crippen LogP contribution >= 0.6 is 0 Å². The summed E-state index contributed by atoms with van der Waals surface area (Å²) in [4.78, 5) is 0.144. The fourth-order valence-electron chi connectivity index (χ4n) is 1.54. The molecular formula is C14H19NO4S. The number of nitrogens with one attached hydrogen (secondary N) is 1. The van der Waals surface area contributed by atoms with Gasteiger partial charge in [-0.15, -0.1) is 0 Å². The fourth-order valence-corrected chi connectivity index (χ4v) is 2.70. The topological polar surface area (TPSA) is 75.6 Å². The zero-order valence-corrected chi connectivity index (χ0v) is 12.4. The highest BCUT2D eigenvalue weighted by Crippen LogP contribution is 2.10. The Balaban J connectivity index is 2.82. The molecule has 5 nitrogen and oxygen atoms in total. The minimum Gasteiger partial charge on any atom is -0.384 e. The van der Waals surface area contributed by atoms with Crippen molar-refractivity contribution in [3.8, 4) is 11.8 Å². The van der Waals surface area contributed by atoms with Crippen LogP contribution in [0.3, 0.4) is 0 Å². The van der Waals surface area contributed by atoms with Crippen LogP contribution in [0.15, 0.2) is 29.2 Å². The predicted molar refractivity (Wildman–Crippen MR) is 76.7 cm³/mol. The molecular weight excluding hydrogens is 278 g/mol. The van der Waals surface area contributed by atoms with E-state index in [1.807, 2.05) is 6.92 Å². The quantitative estimate of drug-likeness (QED) is 0.759. The lowest BCUT2D eigenvalue weighted by atomic mass is 10.2. The molecule has 1 aromatic carbocycles. The largest absolute Gasteiger partial charge is 0.384 e. The third-order valence-electron chi connectivity index (χ3n) is 2.47. The molecule has 0 aliphatic carbocycles. The molecule has 1 rings (SSSR count). The highest BCUT2D eigenvalue weighted by atomic mass is 32.2. The van der Waals surface area contributed by atoms with Crippen LogP contribution < -0.4 is 4.72 Å². The minimum absolute atomic E-state index is 0.144. The third-order valence-corrected chi connectivity index (χ3v) is 3.89. The van der Waals surface area contributed by atoms with Crippen molar-refractivity contribution in [3.63, 3.8) is 0 Å². The molecule has 0 aliphatic heterocycles. The summed E-state index contributed by atoms with van der Waals surface area (Å²) in [5.74, 6) is 5.16. The van der Waals surface area contributed by atoms with E-state index in [9.17, 15) is 8.42 Å². The summed E-state index contributed by atoms with van der Waals surface area (Å²) < 4.78 is 32.0. The van der Waals surface area contributed by atoms with E-state index in [1.54, 1.807) is 19.1 Å². The van der Waals surface area contributed by atoms with Crippen LogP contribution in [0.4, 0.5) is 0 Å². The summed E-state index contributed by atoms with van der Waals surface area (Å²) in [5, 5.41) is 8.63. The fraction of sp³-hybridized carbons (Fsp3) is 0.429. The van der Waals surface area contributed by atoms with Crippen LogP contribution in [0, 0.1) is 11.8 Å². The summed E-state index contributed by atoms with van der Waals surface area (Å²) in [7, 11) is -3.58. The van der Waals surface area contributed by atoms with Gasteiger partial charge in [0.15, 0.2) is 0 Å². The molecule has 0 aromatic heterocycles. The Morgan fingerprint density at radius 2 is 2.20 bits per heavy atom. The van der Waals surface area contributed by atoms with Crippen LogP contribution in [-0.2, 0) is 14.8 Å². The molecule has 6 heteroatoms. The van der Waals surface area contributed by atoms with Crippen LogP contribution in [0.25, 0.3) is 0 Å². The van der Waals surface area contributed by atoms with Gasteiger partial charge < -0.3 is 9.84 Å². The van der Waals surface area contributed by atoms with Crippen molar-refractivity contribution in [2.75, 3.05) is 19.8 Å². The Bertz CT molecular complexity index is 587. The number of benzene rings is 1. The van der Waals surface area contributed by atoms with E-state index in [1.165, 1.54) is 12.1 Å². The number of ether oxygens (including phenoxy) is 1. The first-order valence-corrected chi connectivity index (χ1v) is 7.79. The van der Waals surface area contributed by atoms with E-state index in [0.29, 0.717) is 12.2 Å². The number of aliphatic hydroxyl groups is 1. The molecule has 20 heavy (non-hydrogen) atoms. The molecule has 0 heterocycles. The van der Waals surface area contributed by atoms with E-state index < -0.39 is 10.0 Å². The van der Waals surface area contributed by atoms with Gasteiger partial charge in [-0.25, -0.2) is 13.1 Å². The van der Waals surface area contributed by atoms with Crippen LogP contribution in [0.1, 0.15) is 19.4 Å². The van der Waals surface area contributed by atoms with Gasteiger partial charge in [-0.2, -0.15) is 0 Å². The van der Waals surface area contributed by atoms with Gasteiger partial charge >= 0.3 is 0 Å². The molecule has 2 N–H and O–H groups in total. The second-order valence-electron chi connectivity index (χ2n) is 4.11. The lowest BCUT2D eigenvalue weighted by Crippen LogP contribution is -2.32. The van der Waals surface area contributed by atoms with Crippen molar-refractivity contribution >= 4 is 10.0 Å². The zero-order chi connectivity index (χ0) is 15.0. The lowest BCUT2D eigenvalue weighted by molar-refractivity contribution is 0.0799. The van der Waals surface area contributed by atoms with Crippen molar-refractivity contribution in [1.29, 1.82) is 0 Å². The molecule has 1 unspecified atom stereocenters. The van der Waals surface area contributed by atoms with Gasteiger partial charge in [0.25, 0.3) is 0 Å². The second-order valence-corrected chi connectivity index (χ2v) is 5.87. The lowest BCUT2D eigenvalue weighted by Gasteiger charge is -2.13. The van der Waals surface area contributed by atoms with Crippen LogP contribution in [0.2, 0.25) is 0 Å². The molecule has 0 saturated carbocycles. The van der Waals surface area contributed by atoms with Crippen molar-refractivity contribution in [1.82, 2.24) is 4.72 Å². The Kier molecular flexibility index (Phi) is 6.68. The Hall–Kier alpha value is -1.39. The number of sulfonamides is 1. The number of rotatable bonds is 6. The highest BCUT2D eigenvalue weighted by Gasteiger charge is 2.15. The van der Waals surface area contributed by atoms with E-state index >= 15 is 0 Å². The molecule has 1 aromatic rings. The maximum atomic E-state index is 12.1. The molecule has 0 bridgehead atoms. The first-order chi connectivity index (χ1) is 9.49. The molecule has 0 aliphatic rings. The number of hydrogen-bond acceptors (Lipinski definition) is 4. The molecule has 0 fully saturated rings. The van der Waals surface area contributed by atoms with Gasteiger partial charge in [-0.1, -0.05) is 17.9 Å². The smallest absolute Gasteiger partial charge is 0.240 e. The van der Waals surface area contributed by atoms with Gasteiger partial charge in [0, 0.05) is 18.7 Å². The van der Waals surface area contributed by atoms with E-state index in [-0.39, 0.29) is 24.2 Å². The monoisotopic (exact) mass is 297 g/mol. The van der Waals surface area contributed by atoms with Gasteiger partial charge in [-0.05, 0) is 32.0 Å². The highest BCUT2D eigenvalue weighted by molar-refractivity contribution is 7.89. The van der Waals surface area contributed by atoms with Crippen molar-refractivity contribution in [2.24, 2.45) is 0 Å².